The molecule has 0 atom stereocenters. The van der Waals surface area contributed by atoms with Crippen LogP contribution in [-0.2, 0) is 22.4 Å². The van der Waals surface area contributed by atoms with Crippen LogP contribution in [0.25, 0.3) is 0 Å². The smallest absolute Gasteiger partial charge is 0.393 e. The third-order valence-corrected chi connectivity index (χ3v) is 7.74. The van der Waals surface area contributed by atoms with E-state index in [-0.39, 0.29) is 34.6 Å². The van der Waals surface area contributed by atoms with E-state index in [2.05, 4.69) is 16.3 Å². The molecule has 0 spiro atoms. The van der Waals surface area contributed by atoms with E-state index in [9.17, 15) is 79.8 Å². The SMILES string of the molecule is COC(=O)c1c(NC(=O)C(F)(F)C(F)(F)C(F)(F)C(F)(F)C(F)(F)C(F)(F)C(F)(F)C(F)(F)Cl)sc2c1CCCCCC2. The molecule has 2 rings (SSSR count). The summed E-state index contributed by atoms with van der Waals surface area (Å²) >= 11 is 3.76. The summed E-state index contributed by atoms with van der Waals surface area (Å²) in [6.07, 6.45) is 2.14. The molecule has 0 fully saturated rings. The van der Waals surface area contributed by atoms with E-state index in [1.165, 1.54) is 0 Å². The molecular formula is C21H16ClF16NO3S. The second-order valence-corrected chi connectivity index (χ2v) is 10.7. The Morgan fingerprint density at radius 3 is 1.53 bits per heavy atom. The minimum absolute atomic E-state index is 0.0261. The van der Waals surface area contributed by atoms with Crippen LogP contribution in [0.2, 0.25) is 0 Å². The summed E-state index contributed by atoms with van der Waals surface area (Å²) in [6, 6.07) is 0. The van der Waals surface area contributed by atoms with Gasteiger partial charge in [0.25, 0.3) is 0 Å². The van der Waals surface area contributed by atoms with Crippen LogP contribution in [0.1, 0.15) is 46.5 Å². The van der Waals surface area contributed by atoms with Gasteiger partial charge in [-0.25, -0.2) is 4.79 Å². The van der Waals surface area contributed by atoms with Crippen LogP contribution in [0, 0.1) is 0 Å². The van der Waals surface area contributed by atoms with Gasteiger partial charge in [-0.05, 0) is 42.8 Å². The molecule has 1 aromatic heterocycles. The molecule has 1 N–H and O–H groups in total. The number of alkyl halides is 17. The number of thiophene rings is 1. The van der Waals surface area contributed by atoms with Crippen LogP contribution in [0.5, 0.6) is 0 Å². The zero-order chi connectivity index (χ0) is 33.8. The molecule has 248 valence electrons. The van der Waals surface area contributed by atoms with Gasteiger partial charge >= 0.3 is 58.7 Å². The summed E-state index contributed by atoms with van der Waals surface area (Å²) in [7, 11) is 0.742. The lowest BCUT2D eigenvalue weighted by Crippen LogP contribution is -2.75. The third-order valence-electron chi connectivity index (χ3n) is 6.30. The lowest BCUT2D eigenvalue weighted by Gasteiger charge is -2.42. The molecule has 0 bridgehead atoms. The number of rotatable bonds is 10. The van der Waals surface area contributed by atoms with Crippen LogP contribution < -0.4 is 5.32 Å². The molecule has 43 heavy (non-hydrogen) atoms. The summed E-state index contributed by atoms with van der Waals surface area (Å²) in [5, 5.41) is -7.05. The van der Waals surface area contributed by atoms with Gasteiger partial charge in [-0.3, -0.25) is 4.79 Å². The highest BCUT2D eigenvalue weighted by molar-refractivity contribution is 7.17. The van der Waals surface area contributed by atoms with Crippen molar-refractivity contribution in [1.82, 2.24) is 0 Å². The van der Waals surface area contributed by atoms with Gasteiger partial charge in [-0.2, -0.15) is 70.2 Å². The largest absolute Gasteiger partial charge is 0.465 e. The Kier molecular flexibility index (Phi) is 9.73. The van der Waals surface area contributed by atoms with Gasteiger partial charge < -0.3 is 10.1 Å². The summed E-state index contributed by atoms with van der Waals surface area (Å²) < 4.78 is 224. The fourth-order valence-electron chi connectivity index (χ4n) is 3.81. The number of hydrogen-bond acceptors (Lipinski definition) is 4. The van der Waals surface area contributed by atoms with Crippen molar-refractivity contribution < 1.29 is 84.6 Å². The van der Waals surface area contributed by atoms with Gasteiger partial charge in [0.05, 0.1) is 12.7 Å². The number of anilines is 1. The molecule has 0 radical (unpaired) electrons. The predicted octanol–water partition coefficient (Wildman–Crippen LogP) is 8.41. The molecule has 1 heterocycles. The van der Waals surface area contributed by atoms with Gasteiger partial charge in [-0.1, -0.05) is 12.8 Å². The van der Waals surface area contributed by atoms with E-state index in [1.54, 1.807) is 0 Å². The normalized spacial score (nSPS) is 16.7. The first kappa shape index (κ1) is 37.0. The summed E-state index contributed by atoms with van der Waals surface area (Å²) in [4.78, 5) is 24.5. The highest BCUT2D eigenvalue weighted by atomic mass is 35.5. The number of carbonyl (C=O) groups is 2. The zero-order valence-electron chi connectivity index (χ0n) is 20.8. The molecule has 0 saturated carbocycles. The first-order valence-corrected chi connectivity index (χ1v) is 12.5. The Balaban J connectivity index is 2.59. The van der Waals surface area contributed by atoms with Crippen LogP contribution in [0.4, 0.5) is 75.2 Å². The Labute approximate surface area is 238 Å². The number of carbonyl (C=O) groups excluding carboxylic acids is 2. The fraction of sp³-hybridized carbons (Fsp3) is 0.714. The number of hydrogen-bond donors (Lipinski definition) is 1. The van der Waals surface area contributed by atoms with E-state index in [0.717, 1.165) is 12.4 Å². The second-order valence-electron chi connectivity index (χ2n) is 9.09. The number of methoxy groups -OCH3 is 1. The van der Waals surface area contributed by atoms with Gasteiger partial charge in [-0.15, -0.1) is 11.3 Å². The average Bonchev–Trinajstić information content (AvgIpc) is 3.17. The van der Waals surface area contributed by atoms with Gasteiger partial charge in [0.2, 0.25) is 0 Å². The molecule has 1 aliphatic carbocycles. The Hall–Kier alpha value is -2.19. The Bertz CT molecular complexity index is 1230. The zero-order valence-corrected chi connectivity index (χ0v) is 22.4. The van der Waals surface area contributed by atoms with Crippen LogP contribution in [0.3, 0.4) is 0 Å². The standard InChI is InChI=1S/C21H16ClF16NO3S/c1-42-12(40)10-8-6-4-2-3-5-7-9(8)43-11(10)39-13(41)14(23,24)15(25,26)16(27,28)17(29,30)18(31,32)19(33,34)20(35,36)21(22,37)38/h2-7H2,1H3,(H,39,41). The lowest BCUT2D eigenvalue weighted by atomic mass is 9.89. The van der Waals surface area contributed by atoms with E-state index < -0.39 is 69.3 Å². The lowest BCUT2D eigenvalue weighted by molar-refractivity contribution is -0.445. The average molecular weight is 702 g/mol. The number of nitrogens with one attached hydrogen (secondary N) is 1. The highest BCUT2D eigenvalue weighted by Crippen LogP contribution is 2.64. The molecule has 1 aliphatic rings. The maximum atomic E-state index is 14.4. The first-order valence-electron chi connectivity index (χ1n) is 11.3. The predicted molar refractivity (Wildman–Crippen MR) is 116 cm³/mol. The maximum Gasteiger partial charge on any atom is 0.393 e. The van der Waals surface area contributed by atoms with Crippen molar-refractivity contribution in [1.29, 1.82) is 0 Å². The fourth-order valence-corrected chi connectivity index (χ4v) is 5.20. The monoisotopic (exact) mass is 701 g/mol. The molecule has 0 aliphatic heterocycles. The highest BCUT2D eigenvalue weighted by Gasteiger charge is 2.95. The Morgan fingerprint density at radius 2 is 1.09 bits per heavy atom. The number of fused-ring (bicyclic) bond motifs is 1. The van der Waals surface area contributed by atoms with Crippen molar-refractivity contribution in [3.05, 3.63) is 16.0 Å². The summed E-state index contributed by atoms with van der Waals surface area (Å²) in [5.41, 5.74) is -0.679. The molecule has 0 aromatic carbocycles. The van der Waals surface area contributed by atoms with Crippen LogP contribution in [-0.4, -0.2) is 65.8 Å². The number of ether oxygens (including phenoxy) is 1. The topological polar surface area (TPSA) is 55.4 Å². The Morgan fingerprint density at radius 1 is 0.674 bits per heavy atom. The van der Waals surface area contributed by atoms with Crippen LogP contribution in [0.15, 0.2) is 0 Å². The number of halogens is 17. The summed E-state index contributed by atoms with van der Waals surface area (Å²) in [5.74, 6) is -62.6. The molecular weight excluding hydrogens is 686 g/mol. The van der Waals surface area contributed by atoms with Crippen molar-refractivity contribution >= 4 is 39.8 Å². The van der Waals surface area contributed by atoms with Crippen LogP contribution >= 0.6 is 22.9 Å². The van der Waals surface area contributed by atoms with E-state index >= 15 is 0 Å². The molecule has 1 aromatic rings. The third kappa shape index (κ3) is 5.49. The molecule has 22 heteroatoms. The second kappa shape index (κ2) is 11.3. The van der Waals surface area contributed by atoms with E-state index in [4.69, 9.17) is 0 Å². The molecule has 4 nitrogen and oxygen atoms in total. The van der Waals surface area contributed by atoms with Crippen molar-refractivity contribution in [2.45, 2.75) is 85.4 Å². The number of esters is 1. The minimum Gasteiger partial charge on any atom is -0.465 e. The van der Waals surface area contributed by atoms with Gasteiger partial charge in [0.1, 0.15) is 5.00 Å². The molecule has 0 saturated heterocycles. The van der Waals surface area contributed by atoms with Crippen molar-refractivity contribution in [2.24, 2.45) is 0 Å². The first-order chi connectivity index (χ1) is 19.1. The number of amides is 1. The maximum absolute atomic E-state index is 14.4. The summed E-state index contributed by atoms with van der Waals surface area (Å²) in [6.45, 7) is 0. The van der Waals surface area contributed by atoms with E-state index in [1.807, 2.05) is 0 Å². The molecule has 0 unspecified atom stereocenters. The van der Waals surface area contributed by atoms with Gasteiger partial charge in [0.15, 0.2) is 0 Å². The molecule has 1 amide bonds. The van der Waals surface area contributed by atoms with Gasteiger partial charge in [0, 0.05) is 4.88 Å². The van der Waals surface area contributed by atoms with Crippen molar-refractivity contribution in [3.8, 4) is 0 Å². The van der Waals surface area contributed by atoms with Crippen molar-refractivity contribution in [3.63, 3.8) is 0 Å². The number of aryl methyl sites for hydroxylation is 1. The quantitative estimate of drug-likeness (QED) is 0.152. The van der Waals surface area contributed by atoms with Crippen molar-refractivity contribution in [2.75, 3.05) is 12.4 Å². The van der Waals surface area contributed by atoms with E-state index in [0.29, 0.717) is 25.7 Å². The minimum atomic E-state index is -8.70.